The summed E-state index contributed by atoms with van der Waals surface area (Å²) in [6.07, 6.45) is 2.19. The Morgan fingerprint density at radius 2 is 2.06 bits per heavy atom. The van der Waals surface area contributed by atoms with Crippen LogP contribution in [0.4, 0.5) is 5.69 Å². The first kappa shape index (κ1) is 11.1. The Morgan fingerprint density at radius 3 is 2.62 bits per heavy atom. The van der Waals surface area contributed by atoms with Crippen molar-refractivity contribution in [3.05, 3.63) is 18.2 Å². The van der Waals surface area contributed by atoms with Gasteiger partial charge in [-0.2, -0.15) is 0 Å². The highest BCUT2D eigenvalue weighted by atomic mass is 16.5. The molecule has 4 nitrogen and oxygen atoms in total. The number of nitrogens with one attached hydrogen (secondary N) is 1. The van der Waals surface area contributed by atoms with Gasteiger partial charge in [0, 0.05) is 18.2 Å². The van der Waals surface area contributed by atoms with Crippen molar-refractivity contribution in [2.45, 2.75) is 18.4 Å². The molecule has 0 aromatic heterocycles. The summed E-state index contributed by atoms with van der Waals surface area (Å²) in [5.41, 5.74) is 6.96. The molecule has 1 fully saturated rings. The number of ether oxygens (including phenoxy) is 2. The van der Waals surface area contributed by atoms with E-state index < -0.39 is 0 Å². The second-order valence-electron chi connectivity index (χ2n) is 4.28. The fraction of sp³-hybridized carbons (Fsp3) is 0.500. The van der Waals surface area contributed by atoms with Crippen LogP contribution in [0.2, 0.25) is 0 Å². The second kappa shape index (κ2) is 4.22. The van der Waals surface area contributed by atoms with E-state index in [0.717, 1.165) is 36.6 Å². The predicted molar refractivity (Wildman–Crippen MR) is 64.2 cm³/mol. The van der Waals surface area contributed by atoms with Gasteiger partial charge in [-0.3, -0.25) is 0 Å². The highest BCUT2D eigenvalue weighted by Gasteiger charge is 2.37. The van der Waals surface area contributed by atoms with Gasteiger partial charge in [-0.25, -0.2) is 0 Å². The van der Waals surface area contributed by atoms with Crippen LogP contribution in [0.3, 0.4) is 0 Å². The molecule has 1 aromatic carbocycles. The first-order valence-electron chi connectivity index (χ1n) is 5.42. The van der Waals surface area contributed by atoms with E-state index in [0.29, 0.717) is 0 Å². The smallest absolute Gasteiger partial charge is 0.145 e. The van der Waals surface area contributed by atoms with Gasteiger partial charge in [0.25, 0.3) is 0 Å². The van der Waals surface area contributed by atoms with Crippen LogP contribution in [0, 0.1) is 0 Å². The monoisotopic (exact) mass is 222 g/mol. The van der Waals surface area contributed by atoms with E-state index in [1.807, 2.05) is 18.2 Å². The number of hydrogen-bond donors (Lipinski definition) is 2. The molecule has 1 aromatic rings. The summed E-state index contributed by atoms with van der Waals surface area (Å²) < 4.78 is 10.4. The van der Waals surface area contributed by atoms with Gasteiger partial charge in [0.05, 0.1) is 19.9 Å². The molecule has 1 saturated carbocycles. The van der Waals surface area contributed by atoms with Crippen molar-refractivity contribution in [3.63, 3.8) is 0 Å². The molecule has 0 saturated heterocycles. The third-order valence-electron chi connectivity index (χ3n) is 2.93. The molecule has 0 heterocycles. The Morgan fingerprint density at radius 1 is 1.31 bits per heavy atom. The molecule has 0 radical (unpaired) electrons. The molecule has 0 unspecified atom stereocenters. The fourth-order valence-electron chi connectivity index (χ4n) is 1.55. The second-order valence-corrected chi connectivity index (χ2v) is 4.28. The molecule has 0 atom stereocenters. The number of nitrogens with two attached hydrogens (primary N) is 1. The lowest BCUT2D eigenvalue weighted by molar-refractivity contribution is 0.395. The average Bonchev–Trinajstić information content (AvgIpc) is 3.05. The third kappa shape index (κ3) is 2.39. The molecule has 1 aliphatic rings. The minimum atomic E-state index is -0.00899. The van der Waals surface area contributed by atoms with Gasteiger partial charge >= 0.3 is 0 Å². The highest BCUT2D eigenvalue weighted by Crippen LogP contribution is 2.34. The van der Waals surface area contributed by atoms with Crippen LogP contribution in [0.5, 0.6) is 11.5 Å². The SMILES string of the molecule is COc1ccc(NCC2(N)CC2)c(OC)c1. The van der Waals surface area contributed by atoms with E-state index in [1.165, 1.54) is 0 Å². The topological polar surface area (TPSA) is 56.5 Å². The van der Waals surface area contributed by atoms with Gasteiger partial charge in [0.2, 0.25) is 0 Å². The lowest BCUT2D eigenvalue weighted by Gasteiger charge is -2.15. The standard InChI is InChI=1S/C12H18N2O2/c1-15-9-3-4-10(11(7-9)16-2)14-8-12(13)5-6-12/h3-4,7,14H,5-6,8,13H2,1-2H3. The zero-order chi connectivity index (χ0) is 11.6. The summed E-state index contributed by atoms with van der Waals surface area (Å²) in [4.78, 5) is 0. The molecule has 2 rings (SSSR count). The maximum Gasteiger partial charge on any atom is 0.145 e. The van der Waals surface area contributed by atoms with Crippen molar-refractivity contribution >= 4 is 5.69 Å². The Kier molecular flexibility index (Phi) is 2.92. The van der Waals surface area contributed by atoms with E-state index in [9.17, 15) is 0 Å². The number of benzene rings is 1. The summed E-state index contributed by atoms with van der Waals surface area (Å²) in [5.74, 6) is 1.57. The van der Waals surface area contributed by atoms with Gasteiger partial charge < -0.3 is 20.5 Å². The van der Waals surface area contributed by atoms with E-state index in [-0.39, 0.29) is 5.54 Å². The molecular formula is C12H18N2O2. The molecule has 0 spiro atoms. The molecule has 3 N–H and O–H groups in total. The first-order chi connectivity index (χ1) is 7.67. The van der Waals surface area contributed by atoms with Crippen molar-refractivity contribution in [1.82, 2.24) is 0 Å². The van der Waals surface area contributed by atoms with Crippen LogP contribution < -0.4 is 20.5 Å². The normalized spacial score (nSPS) is 16.7. The minimum absolute atomic E-state index is 0.00899. The zero-order valence-electron chi connectivity index (χ0n) is 9.75. The lowest BCUT2D eigenvalue weighted by Crippen LogP contribution is -2.31. The highest BCUT2D eigenvalue weighted by molar-refractivity contribution is 5.59. The van der Waals surface area contributed by atoms with E-state index in [2.05, 4.69) is 5.32 Å². The van der Waals surface area contributed by atoms with Crippen molar-refractivity contribution in [2.75, 3.05) is 26.1 Å². The molecule has 16 heavy (non-hydrogen) atoms. The summed E-state index contributed by atoms with van der Waals surface area (Å²) in [7, 11) is 3.29. The van der Waals surface area contributed by atoms with E-state index >= 15 is 0 Å². The number of hydrogen-bond acceptors (Lipinski definition) is 4. The minimum Gasteiger partial charge on any atom is -0.497 e. The first-order valence-corrected chi connectivity index (χ1v) is 5.42. The number of rotatable bonds is 5. The molecular weight excluding hydrogens is 204 g/mol. The maximum absolute atomic E-state index is 6.01. The third-order valence-corrected chi connectivity index (χ3v) is 2.93. The number of anilines is 1. The summed E-state index contributed by atoms with van der Waals surface area (Å²) in [5, 5.41) is 3.31. The number of methoxy groups -OCH3 is 2. The Labute approximate surface area is 95.7 Å². The van der Waals surface area contributed by atoms with Crippen molar-refractivity contribution in [2.24, 2.45) is 5.73 Å². The zero-order valence-corrected chi connectivity index (χ0v) is 9.75. The van der Waals surface area contributed by atoms with E-state index in [4.69, 9.17) is 15.2 Å². The van der Waals surface area contributed by atoms with Gasteiger partial charge in [0.15, 0.2) is 0 Å². The molecule has 0 bridgehead atoms. The van der Waals surface area contributed by atoms with Crippen LogP contribution in [0.25, 0.3) is 0 Å². The summed E-state index contributed by atoms with van der Waals surface area (Å²) in [6, 6.07) is 5.71. The van der Waals surface area contributed by atoms with Gasteiger partial charge in [-0.05, 0) is 25.0 Å². The van der Waals surface area contributed by atoms with Crippen LogP contribution in [0.1, 0.15) is 12.8 Å². The molecule has 0 aliphatic heterocycles. The van der Waals surface area contributed by atoms with Crippen LogP contribution in [-0.4, -0.2) is 26.3 Å². The summed E-state index contributed by atoms with van der Waals surface area (Å²) in [6.45, 7) is 0.787. The fourth-order valence-corrected chi connectivity index (χ4v) is 1.55. The quantitative estimate of drug-likeness (QED) is 0.794. The van der Waals surface area contributed by atoms with Gasteiger partial charge in [-0.15, -0.1) is 0 Å². The van der Waals surface area contributed by atoms with Gasteiger partial charge in [-0.1, -0.05) is 0 Å². The van der Waals surface area contributed by atoms with Crippen molar-refractivity contribution < 1.29 is 9.47 Å². The Bertz CT molecular complexity index is 375. The molecule has 4 heteroatoms. The maximum atomic E-state index is 6.01. The van der Waals surface area contributed by atoms with E-state index in [1.54, 1.807) is 14.2 Å². The molecule has 0 amide bonds. The van der Waals surface area contributed by atoms with Crippen LogP contribution in [-0.2, 0) is 0 Å². The molecule has 88 valence electrons. The van der Waals surface area contributed by atoms with Crippen LogP contribution >= 0.6 is 0 Å². The van der Waals surface area contributed by atoms with Crippen molar-refractivity contribution in [3.8, 4) is 11.5 Å². The molecule has 1 aliphatic carbocycles. The average molecular weight is 222 g/mol. The Hall–Kier alpha value is -1.42. The lowest BCUT2D eigenvalue weighted by atomic mass is 10.2. The van der Waals surface area contributed by atoms with Crippen LogP contribution in [0.15, 0.2) is 18.2 Å². The van der Waals surface area contributed by atoms with Crippen molar-refractivity contribution in [1.29, 1.82) is 0 Å². The summed E-state index contributed by atoms with van der Waals surface area (Å²) >= 11 is 0. The predicted octanol–water partition coefficient (Wildman–Crippen LogP) is 1.61. The Balaban J connectivity index is 2.07. The largest absolute Gasteiger partial charge is 0.497 e. The van der Waals surface area contributed by atoms with Gasteiger partial charge in [0.1, 0.15) is 11.5 Å².